The van der Waals surface area contributed by atoms with Crippen LogP contribution in [0.25, 0.3) is 33.0 Å². The van der Waals surface area contributed by atoms with Crippen LogP contribution >= 0.6 is 0 Å². The van der Waals surface area contributed by atoms with Gasteiger partial charge in [-0.15, -0.1) is 0 Å². The first-order valence-corrected chi connectivity index (χ1v) is 26.8. The van der Waals surface area contributed by atoms with Crippen LogP contribution in [-0.2, 0) is 48.3 Å². The molecule has 2 aromatic heterocycles. The third kappa shape index (κ3) is 11.3. The Hall–Kier alpha value is -7.91. The van der Waals surface area contributed by atoms with Crippen LogP contribution in [0.5, 0.6) is 17.2 Å². The zero-order valence-corrected chi connectivity index (χ0v) is 46.3. The molecule has 3 aliphatic heterocycles. The summed E-state index contributed by atoms with van der Waals surface area (Å²) in [4.78, 5) is 82.6. The number of rotatable bonds is 9. The van der Waals surface area contributed by atoms with E-state index in [-0.39, 0.29) is 85.9 Å². The molecule has 4 bridgehead atoms. The second-order valence-electron chi connectivity index (χ2n) is 21.3. The summed E-state index contributed by atoms with van der Waals surface area (Å²) in [5.74, 6) is -7.20. The van der Waals surface area contributed by atoms with Gasteiger partial charge in [0.2, 0.25) is 5.91 Å². The number of ketones is 1. The third-order valence-corrected chi connectivity index (χ3v) is 15.7. The Morgan fingerprint density at radius 2 is 1.65 bits per heavy atom. The van der Waals surface area contributed by atoms with Crippen LogP contribution in [0.15, 0.2) is 107 Å². The number of nitrogens with zero attached hydrogens (tertiary/aromatic N) is 5. The zero-order chi connectivity index (χ0) is 57.3. The van der Waals surface area contributed by atoms with Gasteiger partial charge in [0.25, 0.3) is 11.7 Å². The van der Waals surface area contributed by atoms with Crippen molar-refractivity contribution in [3.05, 3.63) is 130 Å². The van der Waals surface area contributed by atoms with E-state index in [0.29, 0.717) is 32.7 Å². The number of aliphatic hydroxyl groups excluding tert-OH is 2. The molecule has 422 valence electrons. The number of hydrogen-bond acceptors (Lipinski definition) is 17. The number of Topliss-reactive ketones (excluding diaryl/α,β-unsaturated/α-hetero) is 1. The van der Waals surface area contributed by atoms with Crippen LogP contribution < -0.4 is 20.2 Å². The van der Waals surface area contributed by atoms with Gasteiger partial charge in [0.1, 0.15) is 47.5 Å². The lowest BCUT2D eigenvalue weighted by Gasteiger charge is -2.38. The second-order valence-corrected chi connectivity index (χ2v) is 21.3. The minimum Gasteiger partial charge on any atom is -0.505 e. The van der Waals surface area contributed by atoms with E-state index in [1.165, 1.54) is 53.2 Å². The molecule has 6 aromatic rings. The van der Waals surface area contributed by atoms with Crippen molar-refractivity contribution in [3.63, 3.8) is 0 Å². The summed E-state index contributed by atoms with van der Waals surface area (Å²) in [6, 6.07) is 13.0. The summed E-state index contributed by atoms with van der Waals surface area (Å²) in [6.07, 6.45) is 8.55. The van der Waals surface area contributed by atoms with E-state index in [1.807, 2.05) is 23.1 Å². The zero-order valence-electron chi connectivity index (χ0n) is 46.3. The van der Waals surface area contributed by atoms with Crippen molar-refractivity contribution in [2.75, 3.05) is 38.6 Å². The number of benzene rings is 4. The molecule has 1 fully saturated rings. The van der Waals surface area contributed by atoms with E-state index in [9.17, 15) is 34.5 Å². The molecule has 5 heterocycles. The average molecular weight is 1100 g/mol. The van der Waals surface area contributed by atoms with Crippen LogP contribution in [-0.4, -0.2) is 127 Å². The van der Waals surface area contributed by atoms with Crippen LogP contribution in [0.3, 0.4) is 0 Å². The van der Waals surface area contributed by atoms with Crippen molar-refractivity contribution in [1.82, 2.24) is 24.3 Å². The normalized spacial score (nSPS) is 26.6. The van der Waals surface area contributed by atoms with E-state index in [1.54, 1.807) is 81.3 Å². The van der Waals surface area contributed by atoms with Crippen molar-refractivity contribution in [1.29, 1.82) is 0 Å². The van der Waals surface area contributed by atoms with Gasteiger partial charge in [-0.3, -0.25) is 28.9 Å². The first kappa shape index (κ1) is 56.8. The molecule has 80 heavy (non-hydrogen) atoms. The molecule has 0 unspecified atom stereocenters. The molecule has 2 amide bonds. The van der Waals surface area contributed by atoms with Crippen molar-refractivity contribution < 1.29 is 62.6 Å². The number of allylic oxidation sites excluding steroid dienone is 2. The molecule has 20 heteroatoms. The number of nitrogens with one attached hydrogen (secondary N) is 1. The molecule has 4 aromatic carbocycles. The topological polar surface area (TPSA) is 255 Å². The van der Waals surface area contributed by atoms with Crippen LogP contribution in [0.4, 0.5) is 5.69 Å². The lowest BCUT2D eigenvalue weighted by molar-refractivity contribution is -0.160. The summed E-state index contributed by atoms with van der Waals surface area (Å²) in [7, 11) is 1.44. The highest BCUT2D eigenvalue weighted by molar-refractivity contribution is 6.26. The molecule has 3 aliphatic rings. The van der Waals surface area contributed by atoms with Crippen molar-refractivity contribution in [2.45, 2.75) is 105 Å². The number of para-hydroxylation sites is 1. The lowest BCUT2D eigenvalue weighted by atomic mass is 9.78. The lowest BCUT2D eigenvalue weighted by Crippen LogP contribution is -2.49. The highest BCUT2D eigenvalue weighted by atomic mass is 16.7. The van der Waals surface area contributed by atoms with E-state index in [4.69, 9.17) is 33.1 Å². The highest BCUT2D eigenvalue weighted by Crippen LogP contribution is 2.49. The largest absolute Gasteiger partial charge is 0.505 e. The number of amides is 2. The Labute approximate surface area is 462 Å². The van der Waals surface area contributed by atoms with Gasteiger partial charge in [-0.05, 0) is 43.2 Å². The van der Waals surface area contributed by atoms with Gasteiger partial charge < -0.3 is 58.2 Å². The molecular formula is C60H68N6O14. The number of carbonyl (C=O) groups excluding carboxylic acids is 4. The van der Waals surface area contributed by atoms with Crippen LogP contribution in [0.2, 0.25) is 0 Å². The summed E-state index contributed by atoms with van der Waals surface area (Å²) in [6.45, 7) is 16.2. The van der Waals surface area contributed by atoms with Crippen LogP contribution in [0, 0.1) is 30.6 Å². The SMILES string of the molecule is CO[C@H]1/C=C/O[C@@]2(C)Oc3c(C)c(=O)c4c(O)c(c5oc6cccc(OCc7cccc(CN8CCN(C(=O)Cn9ccnc9)CC8)c7)c6nc5c4c3C2=O)NC(=O)/C(C)=C\C=C\[C@H](C)[C@H](O)[C@@H](C)[C@@H](O)[C@@H](C)[C@H](OC(C)=O)[C@@H]1C. The first-order valence-electron chi connectivity index (χ1n) is 26.8. The molecule has 0 radical (unpaired) electrons. The Bertz CT molecular complexity index is 3510. The minimum absolute atomic E-state index is 0.0375. The van der Waals surface area contributed by atoms with Gasteiger partial charge in [-0.25, -0.2) is 9.97 Å². The minimum atomic E-state index is -2.10. The molecule has 9 atom stereocenters. The smallest absolute Gasteiger partial charge is 0.312 e. The monoisotopic (exact) mass is 1100 g/mol. The summed E-state index contributed by atoms with van der Waals surface area (Å²) < 4.78 is 38.9. The third-order valence-electron chi connectivity index (χ3n) is 15.7. The number of fused-ring (bicyclic) bond motifs is 2. The standard InChI is InChI=1S/C60H68N6O14/c1-32-13-10-14-33(2)59(74)63-50-54(72)46-45(47-56(37(6)53(46)71)80-60(8,58(47)73)77-26-19-41(75-9)34(3)55(78-38(7)67)36(5)52(70)35(4)51(32)69)49-57(50)79-43-18-12-17-42(48(43)62-49)76-30-40-16-11-15-39(27-40)28-64-22-24-66(25-23-64)44(68)29-65-21-20-61-31-65/h10-21,26-27,31-32,34-36,41,51-52,55,69-70,72H,22-25,28-30H2,1-9H3,(H,63,74)/b13-10+,26-19+,33-14-/t32-,34+,35+,36+,41-,51-,52+,55+,60-/m0/s1. The number of anilines is 1. The van der Waals surface area contributed by atoms with Crippen molar-refractivity contribution >= 4 is 62.2 Å². The van der Waals surface area contributed by atoms with Gasteiger partial charge in [-0.2, -0.15) is 0 Å². The number of aliphatic hydroxyl groups is 2. The number of carbonyl (C=O) groups is 4. The Kier molecular flexibility index (Phi) is 16.6. The fourth-order valence-corrected chi connectivity index (χ4v) is 10.9. The number of ether oxygens (including phenoxy) is 5. The molecule has 0 spiro atoms. The number of hydrogen-bond donors (Lipinski definition) is 4. The maximum atomic E-state index is 15.0. The molecule has 9 rings (SSSR count). The number of phenols is 1. The van der Waals surface area contributed by atoms with E-state index in [2.05, 4.69) is 21.3 Å². The van der Waals surface area contributed by atoms with Gasteiger partial charge >= 0.3 is 11.8 Å². The maximum Gasteiger partial charge on any atom is 0.312 e. The summed E-state index contributed by atoms with van der Waals surface area (Å²) >= 11 is 0. The predicted molar refractivity (Wildman–Crippen MR) is 297 cm³/mol. The molecule has 0 aliphatic carbocycles. The molecule has 0 saturated carbocycles. The number of aromatic hydroxyl groups is 1. The average Bonchev–Trinajstić information content (AvgIpc) is 4.23. The van der Waals surface area contributed by atoms with Gasteiger partial charge in [0.05, 0.1) is 41.9 Å². The summed E-state index contributed by atoms with van der Waals surface area (Å²) in [5.41, 5.74) is 0.994. The van der Waals surface area contributed by atoms with E-state index in [0.717, 1.165) is 11.1 Å². The first-order chi connectivity index (χ1) is 38.2. The molecule has 4 N–H and O–H groups in total. The van der Waals surface area contributed by atoms with Crippen LogP contribution in [0.1, 0.15) is 75.5 Å². The second kappa shape index (κ2) is 23.4. The van der Waals surface area contributed by atoms with Gasteiger partial charge in [-0.1, -0.05) is 76.3 Å². The Morgan fingerprint density at radius 3 is 2.36 bits per heavy atom. The number of imidazole rings is 1. The Morgan fingerprint density at radius 1 is 0.912 bits per heavy atom. The fraction of sp³-hybridized carbons (Fsp3) is 0.417. The molecular weight excluding hydrogens is 1030 g/mol. The van der Waals surface area contributed by atoms with E-state index < -0.39 is 82.7 Å². The number of methoxy groups -OCH3 is 1. The van der Waals surface area contributed by atoms with Gasteiger partial charge in [0, 0.05) is 106 Å². The maximum absolute atomic E-state index is 15.0. The Balaban J connectivity index is 1.09. The molecule has 1 saturated heterocycles. The quantitative estimate of drug-likeness (QED) is 0.0487. The van der Waals surface area contributed by atoms with Crippen molar-refractivity contribution in [3.8, 4) is 17.2 Å². The highest BCUT2D eigenvalue weighted by Gasteiger charge is 2.50. The summed E-state index contributed by atoms with van der Waals surface area (Å²) in [5, 5.41) is 37.7. The molecule has 20 nitrogen and oxygen atoms in total. The number of esters is 1. The number of aromatic nitrogens is 3. The number of phenolic OH excluding ortho intramolecular Hbond substituents is 1. The number of piperazine rings is 1. The predicted octanol–water partition coefficient (Wildman–Crippen LogP) is 7.12. The fourth-order valence-electron chi connectivity index (χ4n) is 10.9. The van der Waals surface area contributed by atoms with Crippen molar-refractivity contribution in [2.24, 2.45) is 23.7 Å². The van der Waals surface area contributed by atoms with E-state index >= 15 is 4.79 Å². The van der Waals surface area contributed by atoms with Gasteiger partial charge in [0.15, 0.2) is 22.3 Å².